The van der Waals surface area contributed by atoms with Crippen LogP contribution in [0.5, 0.6) is 17.2 Å². The van der Waals surface area contributed by atoms with Crippen molar-refractivity contribution < 1.29 is 14.2 Å². The second kappa shape index (κ2) is 12.7. The van der Waals surface area contributed by atoms with E-state index in [0.717, 1.165) is 31.0 Å². The number of halogens is 1. The van der Waals surface area contributed by atoms with Gasteiger partial charge < -0.3 is 24.4 Å². The van der Waals surface area contributed by atoms with Crippen molar-refractivity contribution in [3.05, 3.63) is 40.1 Å². The molecule has 0 fully saturated rings. The Bertz CT molecular complexity index is 713. The summed E-state index contributed by atoms with van der Waals surface area (Å²) in [6.07, 6.45) is 1.00. The summed E-state index contributed by atoms with van der Waals surface area (Å²) >= 11 is 1.79. The number of rotatable bonds is 9. The maximum Gasteiger partial charge on any atom is 0.203 e. The van der Waals surface area contributed by atoms with Gasteiger partial charge in [0.2, 0.25) is 5.75 Å². The van der Waals surface area contributed by atoms with Crippen LogP contribution in [0.2, 0.25) is 0 Å². The number of nitrogens with one attached hydrogen (secondary N) is 1. The molecule has 0 bridgehead atoms. The Morgan fingerprint density at radius 1 is 1.14 bits per heavy atom. The molecule has 0 radical (unpaired) electrons. The third-order valence-electron chi connectivity index (χ3n) is 4.11. The molecule has 2 aromatic rings. The molecule has 1 aromatic carbocycles. The Balaban J connectivity index is 0.00000392. The van der Waals surface area contributed by atoms with Crippen molar-refractivity contribution in [1.82, 2.24) is 10.2 Å². The highest BCUT2D eigenvalue weighted by Crippen LogP contribution is 2.38. The third-order valence-corrected chi connectivity index (χ3v) is 5.04. The zero-order valence-corrected chi connectivity index (χ0v) is 20.3. The lowest BCUT2D eigenvalue weighted by atomic mass is 10.2. The Morgan fingerprint density at radius 2 is 1.82 bits per heavy atom. The van der Waals surface area contributed by atoms with E-state index >= 15 is 0 Å². The number of likely N-dealkylation sites (N-methyl/N-ethyl adjacent to an activating group) is 1. The van der Waals surface area contributed by atoms with E-state index in [1.807, 2.05) is 12.1 Å². The van der Waals surface area contributed by atoms with E-state index in [1.165, 1.54) is 4.88 Å². The van der Waals surface area contributed by atoms with E-state index < -0.39 is 0 Å². The van der Waals surface area contributed by atoms with Gasteiger partial charge in [0.15, 0.2) is 17.5 Å². The Morgan fingerprint density at radius 3 is 2.32 bits per heavy atom. The SMILES string of the molecule is CCNC(=NCc1cc(OC)c(OC)c(OC)c1)N(C)CCc1cccs1.I. The van der Waals surface area contributed by atoms with Gasteiger partial charge in [0.05, 0.1) is 27.9 Å². The second-order valence-electron chi connectivity index (χ2n) is 5.95. The Hall–Kier alpha value is -1.68. The van der Waals surface area contributed by atoms with Gasteiger partial charge in [-0.05, 0) is 42.5 Å². The zero-order chi connectivity index (χ0) is 19.6. The number of hydrogen-bond acceptors (Lipinski definition) is 5. The largest absolute Gasteiger partial charge is 0.493 e. The van der Waals surface area contributed by atoms with Crippen LogP contribution in [0.1, 0.15) is 17.4 Å². The second-order valence-corrected chi connectivity index (χ2v) is 6.99. The first kappa shape index (κ1) is 24.4. The van der Waals surface area contributed by atoms with E-state index in [4.69, 9.17) is 19.2 Å². The fraction of sp³-hybridized carbons (Fsp3) is 0.450. The van der Waals surface area contributed by atoms with E-state index in [-0.39, 0.29) is 24.0 Å². The molecule has 1 aromatic heterocycles. The van der Waals surface area contributed by atoms with Crippen molar-refractivity contribution in [3.63, 3.8) is 0 Å². The highest BCUT2D eigenvalue weighted by molar-refractivity contribution is 14.0. The van der Waals surface area contributed by atoms with Crippen molar-refractivity contribution in [1.29, 1.82) is 0 Å². The van der Waals surface area contributed by atoms with E-state index in [1.54, 1.807) is 32.7 Å². The van der Waals surface area contributed by atoms with Gasteiger partial charge in [-0.25, -0.2) is 4.99 Å². The first-order valence-corrected chi connectivity index (χ1v) is 9.81. The lowest BCUT2D eigenvalue weighted by Crippen LogP contribution is -2.39. The molecule has 1 N–H and O–H groups in total. The molecule has 0 saturated heterocycles. The van der Waals surface area contributed by atoms with Gasteiger partial charge in [-0.1, -0.05) is 6.07 Å². The predicted molar refractivity (Wildman–Crippen MR) is 127 cm³/mol. The number of guanidine groups is 1. The minimum absolute atomic E-state index is 0. The van der Waals surface area contributed by atoms with Gasteiger partial charge in [-0.15, -0.1) is 35.3 Å². The summed E-state index contributed by atoms with van der Waals surface area (Å²) in [5.74, 6) is 2.74. The number of ether oxygens (including phenoxy) is 3. The number of thiophene rings is 1. The van der Waals surface area contributed by atoms with Gasteiger partial charge in [-0.3, -0.25) is 0 Å². The molecule has 8 heteroatoms. The molecule has 0 unspecified atom stereocenters. The summed E-state index contributed by atoms with van der Waals surface area (Å²) in [4.78, 5) is 8.30. The van der Waals surface area contributed by atoms with Crippen LogP contribution in [0.3, 0.4) is 0 Å². The minimum Gasteiger partial charge on any atom is -0.493 e. The maximum atomic E-state index is 5.42. The molecule has 0 aliphatic rings. The van der Waals surface area contributed by atoms with E-state index in [0.29, 0.717) is 23.8 Å². The third kappa shape index (κ3) is 6.73. The molecule has 1 heterocycles. The Labute approximate surface area is 188 Å². The molecule has 0 amide bonds. The minimum atomic E-state index is 0. The smallest absolute Gasteiger partial charge is 0.203 e. The molecule has 0 atom stereocenters. The normalized spacial score (nSPS) is 10.8. The lowest BCUT2D eigenvalue weighted by Gasteiger charge is -2.22. The number of methoxy groups -OCH3 is 3. The van der Waals surface area contributed by atoms with Crippen molar-refractivity contribution in [2.24, 2.45) is 4.99 Å². The first-order chi connectivity index (χ1) is 13.1. The topological polar surface area (TPSA) is 55.3 Å². The molecule has 0 saturated carbocycles. The summed E-state index contributed by atoms with van der Waals surface area (Å²) in [6, 6.07) is 8.11. The molecular weight excluding hydrogens is 489 g/mol. The summed E-state index contributed by atoms with van der Waals surface area (Å²) in [6.45, 7) is 4.31. The number of aliphatic imine (C=N–C) groups is 1. The van der Waals surface area contributed by atoms with Gasteiger partial charge in [0.25, 0.3) is 0 Å². The summed E-state index contributed by atoms with van der Waals surface area (Å²) < 4.78 is 16.2. The van der Waals surface area contributed by atoms with Crippen molar-refractivity contribution >= 4 is 41.3 Å². The first-order valence-electron chi connectivity index (χ1n) is 8.93. The highest BCUT2D eigenvalue weighted by atomic mass is 127. The maximum absolute atomic E-state index is 5.42. The average molecular weight is 519 g/mol. The lowest BCUT2D eigenvalue weighted by molar-refractivity contribution is 0.324. The molecule has 2 rings (SSSR count). The van der Waals surface area contributed by atoms with Crippen molar-refractivity contribution in [2.45, 2.75) is 19.9 Å². The van der Waals surface area contributed by atoms with Crippen LogP contribution in [0.4, 0.5) is 0 Å². The standard InChI is InChI=1S/C20H29N3O3S.HI/c1-6-21-20(23(2)10-9-16-8-7-11-27-16)22-14-15-12-17(24-3)19(26-5)18(13-15)25-4;/h7-8,11-13H,6,9-10,14H2,1-5H3,(H,21,22);1H. The average Bonchev–Trinajstić information content (AvgIpc) is 3.21. The molecule has 0 spiro atoms. The highest BCUT2D eigenvalue weighted by Gasteiger charge is 2.13. The number of benzene rings is 1. The van der Waals surface area contributed by atoms with Gasteiger partial charge in [0, 0.05) is 25.0 Å². The molecular formula is C20H30IN3O3S. The number of hydrogen-bond donors (Lipinski definition) is 1. The molecule has 156 valence electrons. The fourth-order valence-electron chi connectivity index (χ4n) is 2.70. The number of nitrogens with zero attached hydrogens (tertiary/aromatic N) is 2. The van der Waals surface area contributed by atoms with E-state index in [2.05, 4.69) is 41.7 Å². The molecule has 0 aliphatic heterocycles. The zero-order valence-electron chi connectivity index (χ0n) is 17.2. The van der Waals surface area contributed by atoms with Crippen LogP contribution in [-0.4, -0.2) is 52.3 Å². The summed E-state index contributed by atoms with van der Waals surface area (Å²) in [5.41, 5.74) is 0.992. The molecule has 6 nitrogen and oxygen atoms in total. The monoisotopic (exact) mass is 519 g/mol. The quantitative estimate of drug-likeness (QED) is 0.308. The van der Waals surface area contributed by atoms with Gasteiger partial charge in [-0.2, -0.15) is 0 Å². The van der Waals surface area contributed by atoms with Crippen LogP contribution >= 0.6 is 35.3 Å². The van der Waals surface area contributed by atoms with Gasteiger partial charge >= 0.3 is 0 Å². The van der Waals surface area contributed by atoms with Gasteiger partial charge in [0.1, 0.15) is 0 Å². The van der Waals surface area contributed by atoms with Crippen LogP contribution < -0.4 is 19.5 Å². The van der Waals surface area contributed by atoms with Crippen LogP contribution in [-0.2, 0) is 13.0 Å². The van der Waals surface area contributed by atoms with Crippen molar-refractivity contribution in [2.75, 3.05) is 41.5 Å². The molecule has 28 heavy (non-hydrogen) atoms. The van der Waals surface area contributed by atoms with Crippen LogP contribution in [0, 0.1) is 0 Å². The summed E-state index contributed by atoms with van der Waals surface area (Å²) in [5, 5.41) is 5.46. The summed E-state index contributed by atoms with van der Waals surface area (Å²) in [7, 11) is 6.90. The fourth-order valence-corrected chi connectivity index (χ4v) is 3.40. The van der Waals surface area contributed by atoms with Crippen molar-refractivity contribution in [3.8, 4) is 17.2 Å². The van der Waals surface area contributed by atoms with Crippen LogP contribution in [0.25, 0.3) is 0 Å². The molecule has 0 aliphatic carbocycles. The predicted octanol–water partition coefficient (Wildman–Crippen LogP) is 4.03. The van der Waals surface area contributed by atoms with E-state index in [9.17, 15) is 0 Å². The Kier molecular flexibility index (Phi) is 11.1. The van der Waals surface area contributed by atoms with Crippen LogP contribution in [0.15, 0.2) is 34.6 Å².